The first-order valence-electron chi connectivity index (χ1n) is 5.89. The maximum atomic E-state index is 13.6. The van der Waals surface area contributed by atoms with Crippen molar-refractivity contribution in [2.24, 2.45) is 0 Å². The van der Waals surface area contributed by atoms with Gasteiger partial charge >= 0.3 is 5.97 Å². The van der Waals surface area contributed by atoms with Gasteiger partial charge < -0.3 is 16.2 Å². The van der Waals surface area contributed by atoms with Crippen molar-refractivity contribution < 1.29 is 14.3 Å². The number of aromatic nitrogens is 1. The van der Waals surface area contributed by atoms with Crippen LogP contribution >= 0.6 is 11.3 Å². The molecule has 0 aliphatic rings. The molecule has 0 radical (unpaired) electrons. The van der Waals surface area contributed by atoms with Gasteiger partial charge in [0, 0.05) is 11.1 Å². The minimum absolute atomic E-state index is 0.147. The van der Waals surface area contributed by atoms with Crippen LogP contribution in [-0.4, -0.2) is 16.1 Å². The maximum absolute atomic E-state index is 13.6. The van der Waals surface area contributed by atoms with E-state index >= 15 is 0 Å². The van der Waals surface area contributed by atoms with Crippen LogP contribution in [-0.2, 0) is 0 Å². The number of benzene rings is 1. The number of carbonyl (C=O) groups is 1. The molecular formula is C13H14FN3O2S. The zero-order valence-electron chi connectivity index (χ0n) is 11.0. The molecular weight excluding hydrogens is 281 g/mol. The smallest absolute Gasteiger partial charge is 0.338 e. The van der Waals surface area contributed by atoms with Crippen molar-refractivity contribution in [3.63, 3.8) is 0 Å². The number of aryl methyl sites for hydroxylation is 1. The fourth-order valence-corrected chi connectivity index (χ4v) is 2.52. The van der Waals surface area contributed by atoms with E-state index in [2.05, 4.69) is 10.3 Å². The van der Waals surface area contributed by atoms with Gasteiger partial charge in [-0.15, -0.1) is 11.3 Å². The standard InChI is InChI=1S/C13H14FN3O2S/c1-6-5-16-12(20-6)7(2)17-11-4-9(14)8(13(18)19)3-10(11)15/h3-5,7,17H,15H2,1-2H3,(H,18,19). The van der Waals surface area contributed by atoms with Crippen molar-refractivity contribution in [1.82, 2.24) is 4.98 Å². The SMILES string of the molecule is Cc1cnc(C(C)Nc2cc(F)c(C(=O)O)cc2N)s1. The van der Waals surface area contributed by atoms with E-state index in [4.69, 9.17) is 10.8 Å². The van der Waals surface area contributed by atoms with Crippen LogP contribution in [0.4, 0.5) is 15.8 Å². The molecule has 0 aliphatic carbocycles. The van der Waals surface area contributed by atoms with E-state index in [9.17, 15) is 9.18 Å². The molecule has 106 valence electrons. The Labute approximate surface area is 119 Å². The number of nitrogens with two attached hydrogens (primary N) is 1. The largest absolute Gasteiger partial charge is 0.478 e. The third kappa shape index (κ3) is 2.88. The van der Waals surface area contributed by atoms with E-state index in [1.165, 1.54) is 11.3 Å². The van der Waals surface area contributed by atoms with Crippen LogP contribution in [0.25, 0.3) is 0 Å². The number of nitrogen functional groups attached to an aromatic ring is 1. The number of nitrogens with one attached hydrogen (secondary N) is 1. The lowest BCUT2D eigenvalue weighted by Gasteiger charge is -2.15. The summed E-state index contributed by atoms with van der Waals surface area (Å²) in [5.74, 6) is -2.17. The van der Waals surface area contributed by atoms with Crippen molar-refractivity contribution in [3.8, 4) is 0 Å². The molecule has 0 aliphatic heterocycles. The number of aromatic carboxylic acids is 1. The molecule has 1 aromatic heterocycles. The molecule has 5 nitrogen and oxygen atoms in total. The Morgan fingerprint density at radius 1 is 1.55 bits per heavy atom. The second kappa shape index (κ2) is 5.46. The highest BCUT2D eigenvalue weighted by molar-refractivity contribution is 7.11. The fraction of sp³-hybridized carbons (Fsp3) is 0.231. The molecule has 1 heterocycles. The number of hydrogen-bond acceptors (Lipinski definition) is 5. The van der Waals surface area contributed by atoms with Gasteiger partial charge in [0.1, 0.15) is 10.8 Å². The van der Waals surface area contributed by atoms with E-state index in [1.807, 2.05) is 13.8 Å². The Hall–Kier alpha value is -2.15. The van der Waals surface area contributed by atoms with Crippen molar-refractivity contribution in [1.29, 1.82) is 0 Å². The normalized spacial score (nSPS) is 12.2. The summed E-state index contributed by atoms with van der Waals surface area (Å²) in [6.07, 6.45) is 1.76. The minimum atomic E-state index is -1.34. The van der Waals surface area contributed by atoms with Crippen molar-refractivity contribution in [2.75, 3.05) is 11.1 Å². The molecule has 1 unspecified atom stereocenters. The number of halogens is 1. The molecule has 4 N–H and O–H groups in total. The lowest BCUT2D eigenvalue weighted by molar-refractivity contribution is 0.0692. The zero-order valence-corrected chi connectivity index (χ0v) is 11.8. The van der Waals surface area contributed by atoms with Crippen LogP contribution in [0.1, 0.15) is 33.2 Å². The average Bonchev–Trinajstić information content (AvgIpc) is 2.79. The van der Waals surface area contributed by atoms with Crippen molar-refractivity contribution >= 4 is 28.7 Å². The third-order valence-electron chi connectivity index (χ3n) is 2.75. The number of rotatable bonds is 4. The van der Waals surface area contributed by atoms with Gasteiger partial charge in [-0.25, -0.2) is 14.2 Å². The number of carboxylic acids is 1. The predicted octanol–water partition coefficient (Wildman–Crippen LogP) is 3.04. The second-order valence-corrected chi connectivity index (χ2v) is 5.67. The molecule has 1 atom stereocenters. The van der Waals surface area contributed by atoms with Gasteiger partial charge in [0.25, 0.3) is 0 Å². The van der Waals surface area contributed by atoms with E-state index in [-0.39, 0.29) is 11.7 Å². The number of hydrogen-bond donors (Lipinski definition) is 3. The Bertz CT molecular complexity index is 657. The predicted molar refractivity (Wildman–Crippen MR) is 76.7 cm³/mol. The third-order valence-corrected chi connectivity index (χ3v) is 3.85. The molecule has 0 spiro atoms. The van der Waals surface area contributed by atoms with Gasteiger partial charge in [-0.1, -0.05) is 0 Å². The van der Waals surface area contributed by atoms with E-state index in [0.29, 0.717) is 5.69 Å². The number of anilines is 2. The molecule has 0 fully saturated rings. The van der Waals surface area contributed by atoms with Crippen LogP contribution in [0.2, 0.25) is 0 Å². The summed E-state index contributed by atoms with van der Waals surface area (Å²) in [7, 11) is 0. The van der Waals surface area contributed by atoms with Gasteiger partial charge in [0.05, 0.1) is 23.0 Å². The lowest BCUT2D eigenvalue weighted by Crippen LogP contribution is -2.10. The first-order chi connectivity index (χ1) is 9.38. The highest BCUT2D eigenvalue weighted by Gasteiger charge is 2.16. The zero-order chi connectivity index (χ0) is 14.9. The number of nitrogens with zero attached hydrogens (tertiary/aromatic N) is 1. The lowest BCUT2D eigenvalue weighted by atomic mass is 10.1. The van der Waals surface area contributed by atoms with Crippen LogP contribution < -0.4 is 11.1 Å². The van der Waals surface area contributed by atoms with Crippen LogP contribution in [0, 0.1) is 12.7 Å². The molecule has 2 aromatic rings. The Morgan fingerprint density at radius 2 is 2.25 bits per heavy atom. The fourth-order valence-electron chi connectivity index (χ4n) is 1.75. The van der Waals surface area contributed by atoms with Gasteiger partial charge in [0.15, 0.2) is 0 Å². The quantitative estimate of drug-likeness (QED) is 0.754. The van der Waals surface area contributed by atoms with Gasteiger partial charge in [0.2, 0.25) is 0 Å². The Kier molecular flexibility index (Phi) is 3.89. The maximum Gasteiger partial charge on any atom is 0.338 e. The summed E-state index contributed by atoms with van der Waals surface area (Å²) in [5, 5.41) is 12.7. The molecule has 7 heteroatoms. The monoisotopic (exact) mass is 295 g/mol. The van der Waals surface area contributed by atoms with Gasteiger partial charge in [-0.05, 0) is 26.0 Å². The van der Waals surface area contributed by atoms with E-state index in [0.717, 1.165) is 22.0 Å². The summed E-state index contributed by atoms with van der Waals surface area (Å²) in [6.45, 7) is 3.82. The van der Waals surface area contributed by atoms with Crippen molar-refractivity contribution in [3.05, 3.63) is 39.6 Å². The van der Waals surface area contributed by atoms with Crippen LogP contribution in [0.5, 0.6) is 0 Å². The molecule has 0 saturated carbocycles. The molecule has 2 rings (SSSR count). The molecule has 0 saturated heterocycles. The Morgan fingerprint density at radius 3 is 2.80 bits per heavy atom. The molecule has 0 bridgehead atoms. The number of carboxylic acid groups (broad SMARTS) is 1. The molecule has 1 aromatic carbocycles. The van der Waals surface area contributed by atoms with Crippen LogP contribution in [0.3, 0.4) is 0 Å². The summed E-state index contributed by atoms with van der Waals surface area (Å²) in [5.41, 5.74) is 5.85. The summed E-state index contributed by atoms with van der Waals surface area (Å²) < 4.78 is 13.6. The van der Waals surface area contributed by atoms with Crippen LogP contribution in [0.15, 0.2) is 18.3 Å². The summed E-state index contributed by atoms with van der Waals surface area (Å²) in [6, 6.07) is 2.06. The molecule has 20 heavy (non-hydrogen) atoms. The summed E-state index contributed by atoms with van der Waals surface area (Å²) >= 11 is 1.53. The second-order valence-electron chi connectivity index (χ2n) is 4.40. The van der Waals surface area contributed by atoms with Gasteiger partial charge in [-0.3, -0.25) is 0 Å². The topological polar surface area (TPSA) is 88.2 Å². The first kappa shape index (κ1) is 14.3. The minimum Gasteiger partial charge on any atom is -0.478 e. The first-order valence-corrected chi connectivity index (χ1v) is 6.71. The highest BCUT2D eigenvalue weighted by atomic mass is 32.1. The highest BCUT2D eigenvalue weighted by Crippen LogP contribution is 2.28. The van der Waals surface area contributed by atoms with Crippen molar-refractivity contribution in [2.45, 2.75) is 19.9 Å². The average molecular weight is 295 g/mol. The van der Waals surface area contributed by atoms with E-state index < -0.39 is 17.3 Å². The van der Waals surface area contributed by atoms with Gasteiger partial charge in [-0.2, -0.15) is 0 Å². The number of thiazole rings is 1. The Balaban J connectivity index is 2.25. The molecule has 0 amide bonds. The summed E-state index contributed by atoms with van der Waals surface area (Å²) in [4.78, 5) is 16.1. The van der Waals surface area contributed by atoms with E-state index in [1.54, 1.807) is 6.20 Å².